The molecule has 7 heteroatoms. The van der Waals surface area contributed by atoms with Gasteiger partial charge in [-0.05, 0) is 23.6 Å². The van der Waals surface area contributed by atoms with Gasteiger partial charge in [0, 0.05) is 6.20 Å². The smallest absolute Gasteiger partial charge is 0.272 e. The molecule has 3 rings (SSSR count). The third-order valence-corrected chi connectivity index (χ3v) is 3.34. The van der Waals surface area contributed by atoms with Gasteiger partial charge in [0.05, 0.1) is 5.02 Å². The zero-order valence-electron chi connectivity index (χ0n) is 8.87. The van der Waals surface area contributed by atoms with Gasteiger partial charge in [0.2, 0.25) is 5.82 Å². The van der Waals surface area contributed by atoms with Crippen LogP contribution in [0.5, 0.6) is 5.75 Å². The summed E-state index contributed by atoms with van der Waals surface area (Å²) in [5, 5.41) is 15.7. The summed E-state index contributed by atoms with van der Waals surface area (Å²) >= 11 is 7.07. The van der Waals surface area contributed by atoms with E-state index in [1.807, 2.05) is 0 Å². The Morgan fingerprint density at radius 2 is 2.17 bits per heavy atom. The van der Waals surface area contributed by atoms with Gasteiger partial charge in [0.25, 0.3) is 5.89 Å². The minimum Gasteiger partial charge on any atom is -0.506 e. The summed E-state index contributed by atoms with van der Waals surface area (Å²) in [5.41, 5.74) is 0.561. The van der Waals surface area contributed by atoms with Crippen molar-refractivity contribution in [2.24, 2.45) is 0 Å². The average Bonchev–Trinajstić information content (AvgIpc) is 2.98. The summed E-state index contributed by atoms with van der Waals surface area (Å²) in [6.45, 7) is 0. The van der Waals surface area contributed by atoms with Crippen LogP contribution in [0.1, 0.15) is 0 Å². The summed E-state index contributed by atoms with van der Waals surface area (Å²) in [5.74, 6) is 0.753. The van der Waals surface area contributed by atoms with Crippen LogP contribution in [0.4, 0.5) is 0 Å². The number of rotatable bonds is 2. The third-order valence-electron chi connectivity index (χ3n) is 2.22. The van der Waals surface area contributed by atoms with Crippen molar-refractivity contribution < 1.29 is 9.63 Å². The first-order valence-electron chi connectivity index (χ1n) is 4.96. The number of nitrogens with zero attached hydrogens (tertiary/aromatic N) is 3. The van der Waals surface area contributed by atoms with Gasteiger partial charge >= 0.3 is 0 Å². The van der Waals surface area contributed by atoms with Crippen LogP contribution in [-0.4, -0.2) is 20.2 Å². The summed E-state index contributed by atoms with van der Waals surface area (Å²) in [6.07, 6.45) is 1.51. The molecule has 0 aliphatic rings. The Morgan fingerprint density at radius 1 is 1.28 bits per heavy atom. The molecule has 0 unspecified atom stereocenters. The van der Waals surface area contributed by atoms with Crippen molar-refractivity contribution >= 4 is 22.9 Å². The van der Waals surface area contributed by atoms with Gasteiger partial charge in [-0.2, -0.15) is 4.98 Å². The van der Waals surface area contributed by atoms with Crippen LogP contribution >= 0.6 is 22.9 Å². The van der Waals surface area contributed by atoms with Crippen LogP contribution in [0.3, 0.4) is 0 Å². The molecule has 1 N–H and O–H groups in total. The summed E-state index contributed by atoms with van der Waals surface area (Å²) < 4.78 is 5.09. The van der Waals surface area contributed by atoms with Crippen LogP contribution in [0.15, 0.2) is 34.3 Å². The largest absolute Gasteiger partial charge is 0.506 e. The van der Waals surface area contributed by atoms with Gasteiger partial charge in [0.1, 0.15) is 16.3 Å². The first-order chi connectivity index (χ1) is 8.74. The molecule has 0 saturated carbocycles. The lowest BCUT2D eigenvalue weighted by Crippen LogP contribution is -1.84. The molecule has 0 amide bonds. The van der Waals surface area contributed by atoms with E-state index in [1.54, 1.807) is 23.6 Å². The molecule has 3 aromatic rings. The molecule has 18 heavy (non-hydrogen) atoms. The molecule has 0 radical (unpaired) electrons. The highest BCUT2D eigenvalue weighted by Gasteiger charge is 2.15. The number of halogens is 1. The molecule has 3 aromatic heterocycles. The fourth-order valence-corrected chi connectivity index (χ4v) is 2.21. The van der Waals surface area contributed by atoms with Crippen molar-refractivity contribution in [3.05, 3.63) is 34.8 Å². The van der Waals surface area contributed by atoms with E-state index < -0.39 is 0 Å². The number of hydrogen-bond donors (Lipinski definition) is 1. The Morgan fingerprint density at radius 3 is 2.83 bits per heavy atom. The first-order valence-corrected chi connectivity index (χ1v) is 6.22. The molecular formula is C11H6ClN3O2S. The standard InChI is InChI=1S/C11H6ClN3O2S/c12-6-1-2-7(13-5-6)10-14-11(17-15-10)9-8(16)3-4-18-9/h1-5,16H. The van der Waals surface area contributed by atoms with Crippen molar-refractivity contribution in [1.82, 2.24) is 15.1 Å². The second kappa shape index (κ2) is 4.40. The van der Waals surface area contributed by atoms with Gasteiger partial charge < -0.3 is 9.63 Å². The van der Waals surface area contributed by atoms with Crippen LogP contribution < -0.4 is 0 Å². The molecular weight excluding hydrogens is 274 g/mol. The lowest BCUT2D eigenvalue weighted by Gasteiger charge is -1.92. The second-order valence-electron chi connectivity index (χ2n) is 3.42. The van der Waals surface area contributed by atoms with E-state index in [2.05, 4.69) is 15.1 Å². The maximum atomic E-state index is 9.57. The summed E-state index contributed by atoms with van der Waals surface area (Å²) in [7, 11) is 0. The predicted octanol–water partition coefficient (Wildman–Crippen LogP) is 3.22. The van der Waals surface area contributed by atoms with Crippen molar-refractivity contribution in [2.75, 3.05) is 0 Å². The topological polar surface area (TPSA) is 72.0 Å². The predicted molar refractivity (Wildman–Crippen MR) is 67.5 cm³/mol. The number of aromatic hydroxyl groups is 1. The quantitative estimate of drug-likeness (QED) is 0.780. The first kappa shape index (κ1) is 11.2. The Bertz CT molecular complexity index is 678. The van der Waals surface area contributed by atoms with Crippen LogP contribution in [-0.2, 0) is 0 Å². The molecule has 0 aliphatic carbocycles. The highest BCUT2D eigenvalue weighted by Crippen LogP contribution is 2.33. The molecule has 0 aromatic carbocycles. The maximum Gasteiger partial charge on any atom is 0.272 e. The molecule has 0 spiro atoms. The lowest BCUT2D eigenvalue weighted by molar-refractivity contribution is 0.427. The van der Waals surface area contributed by atoms with E-state index >= 15 is 0 Å². The minimum atomic E-state index is 0.124. The zero-order chi connectivity index (χ0) is 12.5. The molecule has 5 nitrogen and oxygen atoms in total. The van der Waals surface area contributed by atoms with Crippen LogP contribution in [0, 0.1) is 0 Å². The van der Waals surface area contributed by atoms with Crippen LogP contribution in [0.2, 0.25) is 5.02 Å². The van der Waals surface area contributed by atoms with Gasteiger partial charge in [0.15, 0.2) is 0 Å². The maximum absolute atomic E-state index is 9.57. The number of pyridine rings is 1. The van der Waals surface area contributed by atoms with E-state index in [0.717, 1.165) is 0 Å². The Labute approximate surface area is 111 Å². The third kappa shape index (κ3) is 1.96. The Hall–Kier alpha value is -1.92. The molecule has 3 heterocycles. The van der Waals surface area contributed by atoms with Gasteiger partial charge in [-0.25, -0.2) is 0 Å². The molecule has 0 bridgehead atoms. The van der Waals surface area contributed by atoms with E-state index in [9.17, 15) is 5.11 Å². The normalized spacial score (nSPS) is 10.7. The monoisotopic (exact) mass is 279 g/mol. The molecule has 0 aliphatic heterocycles. The van der Waals surface area contributed by atoms with Crippen LogP contribution in [0.25, 0.3) is 22.3 Å². The SMILES string of the molecule is Oc1ccsc1-c1nc(-c2ccc(Cl)cn2)no1. The van der Waals surface area contributed by atoms with Crippen molar-refractivity contribution in [3.63, 3.8) is 0 Å². The lowest BCUT2D eigenvalue weighted by atomic mass is 10.3. The van der Waals surface area contributed by atoms with Crippen molar-refractivity contribution in [2.45, 2.75) is 0 Å². The van der Waals surface area contributed by atoms with E-state index in [-0.39, 0.29) is 11.6 Å². The highest BCUT2D eigenvalue weighted by molar-refractivity contribution is 7.13. The average molecular weight is 280 g/mol. The number of aromatic nitrogens is 3. The Kier molecular flexibility index (Phi) is 2.73. The van der Waals surface area contributed by atoms with E-state index in [4.69, 9.17) is 16.1 Å². The molecule has 0 saturated heterocycles. The number of thiophene rings is 1. The summed E-state index contributed by atoms with van der Waals surface area (Å²) in [4.78, 5) is 8.81. The van der Waals surface area contributed by atoms with E-state index in [1.165, 1.54) is 17.5 Å². The molecule has 90 valence electrons. The Balaban J connectivity index is 1.99. The van der Waals surface area contributed by atoms with Gasteiger partial charge in [-0.15, -0.1) is 11.3 Å². The highest BCUT2D eigenvalue weighted by atomic mass is 35.5. The van der Waals surface area contributed by atoms with Crippen molar-refractivity contribution in [3.8, 4) is 28.0 Å². The minimum absolute atomic E-state index is 0.124. The summed E-state index contributed by atoms with van der Waals surface area (Å²) in [6, 6.07) is 4.97. The van der Waals surface area contributed by atoms with E-state index in [0.29, 0.717) is 21.4 Å². The molecule has 0 atom stereocenters. The fourth-order valence-electron chi connectivity index (χ4n) is 1.39. The van der Waals surface area contributed by atoms with Gasteiger partial charge in [-0.1, -0.05) is 16.8 Å². The second-order valence-corrected chi connectivity index (χ2v) is 4.77. The fraction of sp³-hybridized carbons (Fsp3) is 0. The molecule has 0 fully saturated rings. The van der Waals surface area contributed by atoms with Crippen molar-refractivity contribution in [1.29, 1.82) is 0 Å². The number of hydrogen-bond acceptors (Lipinski definition) is 6. The zero-order valence-corrected chi connectivity index (χ0v) is 10.4. The van der Waals surface area contributed by atoms with Gasteiger partial charge in [-0.3, -0.25) is 4.98 Å².